The van der Waals surface area contributed by atoms with Crippen molar-refractivity contribution in [2.45, 2.75) is 31.5 Å². The largest absolute Gasteiger partial charge is 0.468 e. The maximum Gasteiger partial charge on any atom is 0.427 e. The SMILES string of the molecule is CC/C(=N\NC(=O)OC)C(C(=O)OC)N1C(C(=O)OC)C1c1ccccc1. The number of hydrazone groups is 1. The number of nitrogens with one attached hydrogen (secondary N) is 1. The van der Waals surface area contributed by atoms with E-state index in [4.69, 9.17) is 9.47 Å². The van der Waals surface area contributed by atoms with Crippen LogP contribution in [0.2, 0.25) is 0 Å². The Labute approximate surface area is 157 Å². The van der Waals surface area contributed by atoms with Crippen molar-refractivity contribution in [2.24, 2.45) is 5.10 Å². The number of nitrogens with zero attached hydrogens (tertiary/aromatic N) is 2. The van der Waals surface area contributed by atoms with Crippen LogP contribution >= 0.6 is 0 Å². The van der Waals surface area contributed by atoms with Gasteiger partial charge in [-0.25, -0.2) is 15.0 Å². The van der Waals surface area contributed by atoms with Gasteiger partial charge in [-0.3, -0.25) is 9.69 Å². The molecule has 0 aliphatic carbocycles. The lowest BCUT2D eigenvalue weighted by Gasteiger charge is -2.19. The molecule has 1 aliphatic heterocycles. The molecule has 0 saturated carbocycles. The van der Waals surface area contributed by atoms with Crippen molar-refractivity contribution >= 4 is 23.7 Å². The summed E-state index contributed by atoms with van der Waals surface area (Å²) in [6.07, 6.45) is -0.421. The fourth-order valence-electron chi connectivity index (χ4n) is 2.98. The number of esters is 2. The van der Waals surface area contributed by atoms with Gasteiger partial charge in [-0.05, 0) is 12.0 Å². The van der Waals surface area contributed by atoms with Crippen molar-refractivity contribution in [3.63, 3.8) is 0 Å². The predicted octanol–water partition coefficient (Wildman–Crippen LogP) is 1.25. The lowest BCUT2D eigenvalue weighted by molar-refractivity contribution is -0.144. The molecule has 9 heteroatoms. The highest BCUT2D eigenvalue weighted by molar-refractivity contribution is 6.07. The van der Waals surface area contributed by atoms with Crippen LogP contribution in [0, 0.1) is 0 Å². The summed E-state index contributed by atoms with van der Waals surface area (Å²) in [4.78, 5) is 37.8. The summed E-state index contributed by atoms with van der Waals surface area (Å²) < 4.78 is 14.3. The van der Waals surface area contributed by atoms with Crippen molar-refractivity contribution < 1.29 is 28.6 Å². The molecule has 0 spiro atoms. The minimum absolute atomic E-state index is 0.333. The van der Waals surface area contributed by atoms with Crippen molar-refractivity contribution in [1.82, 2.24) is 10.3 Å². The Morgan fingerprint density at radius 2 is 1.78 bits per heavy atom. The van der Waals surface area contributed by atoms with E-state index in [9.17, 15) is 14.4 Å². The van der Waals surface area contributed by atoms with Gasteiger partial charge >= 0.3 is 18.0 Å². The van der Waals surface area contributed by atoms with E-state index in [2.05, 4.69) is 15.3 Å². The van der Waals surface area contributed by atoms with E-state index in [0.717, 1.165) is 5.56 Å². The van der Waals surface area contributed by atoms with Crippen molar-refractivity contribution in [3.05, 3.63) is 35.9 Å². The van der Waals surface area contributed by atoms with Crippen LogP contribution in [0.15, 0.2) is 35.4 Å². The fraction of sp³-hybridized carbons (Fsp3) is 0.444. The Morgan fingerprint density at radius 3 is 2.30 bits per heavy atom. The van der Waals surface area contributed by atoms with E-state index in [-0.39, 0.29) is 6.04 Å². The number of rotatable bonds is 7. The molecule has 2 rings (SSSR count). The molecule has 27 heavy (non-hydrogen) atoms. The number of hydrogen-bond donors (Lipinski definition) is 1. The number of carbonyl (C=O) groups excluding carboxylic acids is 3. The fourth-order valence-corrected chi connectivity index (χ4v) is 2.98. The molecule has 1 aromatic rings. The molecule has 1 aromatic carbocycles. The van der Waals surface area contributed by atoms with Crippen molar-refractivity contribution in [1.29, 1.82) is 0 Å². The average molecular weight is 377 g/mol. The van der Waals surface area contributed by atoms with Crippen LogP contribution in [-0.2, 0) is 23.8 Å². The number of methoxy groups -OCH3 is 3. The highest BCUT2D eigenvalue weighted by Gasteiger charge is 2.60. The zero-order valence-electron chi connectivity index (χ0n) is 15.7. The van der Waals surface area contributed by atoms with Gasteiger partial charge in [-0.15, -0.1) is 0 Å². The van der Waals surface area contributed by atoms with Crippen LogP contribution in [0.3, 0.4) is 0 Å². The maximum absolute atomic E-state index is 12.5. The van der Waals surface area contributed by atoms with Gasteiger partial charge in [0.2, 0.25) is 0 Å². The van der Waals surface area contributed by atoms with Gasteiger partial charge in [-0.1, -0.05) is 37.3 Å². The third-order valence-corrected chi connectivity index (χ3v) is 4.31. The van der Waals surface area contributed by atoms with Crippen LogP contribution in [0.25, 0.3) is 0 Å². The molecule has 0 radical (unpaired) electrons. The molecule has 0 bridgehead atoms. The van der Waals surface area contributed by atoms with Crippen LogP contribution in [0.5, 0.6) is 0 Å². The number of carbonyl (C=O) groups is 3. The zero-order chi connectivity index (χ0) is 20.0. The zero-order valence-corrected chi connectivity index (χ0v) is 15.7. The second-order valence-electron chi connectivity index (χ2n) is 5.76. The standard InChI is InChI=1S/C18H23N3O6/c1-5-12(19-20-18(24)27-4)14(16(22)25-2)21-13(15(21)17(23)26-3)11-9-7-6-8-10-11/h6-10,13-15H,5H2,1-4H3,(H,20,24)/b19-12+. The summed E-state index contributed by atoms with van der Waals surface area (Å²) in [5.74, 6) is -1.05. The Kier molecular flexibility index (Phi) is 6.89. The molecule has 4 atom stereocenters. The Balaban J connectivity index is 2.40. The van der Waals surface area contributed by atoms with E-state index in [1.807, 2.05) is 30.3 Å². The van der Waals surface area contributed by atoms with E-state index >= 15 is 0 Å². The summed E-state index contributed by atoms with van der Waals surface area (Å²) >= 11 is 0. The number of amides is 1. The first-order valence-electron chi connectivity index (χ1n) is 8.38. The van der Waals surface area contributed by atoms with Gasteiger partial charge in [0.1, 0.15) is 6.04 Å². The Hall–Kier alpha value is -2.94. The van der Waals surface area contributed by atoms with Crippen LogP contribution in [0.1, 0.15) is 24.9 Å². The number of ether oxygens (including phenoxy) is 3. The summed E-state index contributed by atoms with van der Waals surface area (Å²) in [5.41, 5.74) is 3.41. The number of benzene rings is 1. The summed E-state index contributed by atoms with van der Waals surface area (Å²) in [6.45, 7) is 1.78. The second kappa shape index (κ2) is 9.13. The maximum atomic E-state index is 12.5. The minimum Gasteiger partial charge on any atom is -0.468 e. The van der Waals surface area contributed by atoms with Gasteiger partial charge in [0.05, 0.1) is 33.1 Å². The lowest BCUT2D eigenvalue weighted by atomic mass is 10.1. The van der Waals surface area contributed by atoms with E-state index < -0.39 is 30.1 Å². The van der Waals surface area contributed by atoms with Crippen molar-refractivity contribution in [3.8, 4) is 0 Å². The average Bonchev–Trinajstić information content (AvgIpc) is 3.45. The van der Waals surface area contributed by atoms with E-state index in [0.29, 0.717) is 12.1 Å². The second-order valence-corrected chi connectivity index (χ2v) is 5.76. The molecule has 1 amide bonds. The summed E-state index contributed by atoms with van der Waals surface area (Å²) in [5, 5.41) is 3.99. The monoisotopic (exact) mass is 377 g/mol. The number of hydrogen-bond acceptors (Lipinski definition) is 8. The first kappa shape index (κ1) is 20.4. The highest BCUT2D eigenvalue weighted by atomic mass is 16.5. The van der Waals surface area contributed by atoms with E-state index in [1.165, 1.54) is 21.3 Å². The Morgan fingerprint density at radius 1 is 1.11 bits per heavy atom. The smallest absolute Gasteiger partial charge is 0.427 e. The summed E-state index contributed by atoms with van der Waals surface area (Å²) in [6, 6.07) is 7.32. The van der Waals surface area contributed by atoms with Gasteiger partial charge < -0.3 is 14.2 Å². The van der Waals surface area contributed by atoms with E-state index in [1.54, 1.807) is 11.8 Å². The minimum atomic E-state index is -0.952. The molecule has 146 valence electrons. The quantitative estimate of drug-likeness (QED) is 0.251. The molecule has 4 unspecified atom stereocenters. The van der Waals surface area contributed by atoms with Gasteiger partial charge in [0.15, 0.2) is 6.04 Å². The van der Waals surface area contributed by atoms with Crippen LogP contribution < -0.4 is 5.43 Å². The van der Waals surface area contributed by atoms with Crippen LogP contribution in [-0.4, -0.2) is 62.1 Å². The molecule has 9 nitrogen and oxygen atoms in total. The molecule has 1 saturated heterocycles. The predicted molar refractivity (Wildman–Crippen MR) is 95.9 cm³/mol. The highest BCUT2D eigenvalue weighted by Crippen LogP contribution is 2.46. The first-order chi connectivity index (χ1) is 13.0. The van der Waals surface area contributed by atoms with Gasteiger partial charge in [-0.2, -0.15) is 5.10 Å². The van der Waals surface area contributed by atoms with Crippen molar-refractivity contribution in [2.75, 3.05) is 21.3 Å². The van der Waals surface area contributed by atoms with Gasteiger partial charge in [0.25, 0.3) is 0 Å². The van der Waals surface area contributed by atoms with Gasteiger partial charge in [0, 0.05) is 0 Å². The topological polar surface area (TPSA) is 106 Å². The van der Waals surface area contributed by atoms with Crippen LogP contribution in [0.4, 0.5) is 4.79 Å². The molecule has 0 aromatic heterocycles. The Bertz CT molecular complexity index is 721. The third kappa shape index (κ3) is 4.43. The lowest BCUT2D eigenvalue weighted by Crippen LogP contribution is -2.41. The molecule has 1 N–H and O–H groups in total. The third-order valence-electron chi connectivity index (χ3n) is 4.31. The molecule has 1 heterocycles. The molecular formula is C18H23N3O6. The molecule has 1 fully saturated rings. The summed E-state index contributed by atoms with van der Waals surface area (Å²) in [7, 11) is 3.75. The normalized spacial score (nSPS) is 22.4. The molecule has 1 aliphatic rings. The molecular weight excluding hydrogens is 354 g/mol. The first-order valence-corrected chi connectivity index (χ1v) is 8.38.